The molecule has 0 amide bonds. The number of pyridine rings is 2. The number of fused-ring (bicyclic) bond motifs is 4. The number of aromatic nitrogens is 2. The number of ether oxygens (including phenoxy) is 2. The van der Waals surface area contributed by atoms with E-state index >= 15 is 0 Å². The van der Waals surface area contributed by atoms with Gasteiger partial charge in [0.05, 0.1) is 11.1 Å². The molecule has 0 aliphatic heterocycles. The average Bonchev–Trinajstić information content (AvgIpc) is 3.17. The zero-order chi connectivity index (χ0) is 36.5. The molecule has 8 nitrogen and oxygen atoms in total. The molecule has 8 rings (SSSR count). The van der Waals surface area contributed by atoms with Crippen molar-refractivity contribution in [3.05, 3.63) is 150 Å². The maximum Gasteiger partial charge on any atom is 2.00 e. The molecule has 53 heavy (non-hydrogen) atoms. The van der Waals surface area contributed by atoms with Gasteiger partial charge in [-0.15, -0.1) is 0 Å². The van der Waals surface area contributed by atoms with E-state index in [-0.39, 0.29) is 38.2 Å². The van der Waals surface area contributed by atoms with E-state index in [9.17, 15) is 19.8 Å². The summed E-state index contributed by atoms with van der Waals surface area (Å²) in [7, 11) is 0. The van der Waals surface area contributed by atoms with Gasteiger partial charge in [0.1, 0.15) is 11.0 Å². The van der Waals surface area contributed by atoms with E-state index in [4.69, 9.17) is 32.7 Å². The number of hydrogen-bond acceptors (Lipinski definition) is 8. The quantitative estimate of drug-likeness (QED) is 0.0739. The molecule has 0 saturated carbocycles. The predicted octanol–water partition coefficient (Wildman–Crippen LogP) is 9.88. The van der Waals surface area contributed by atoms with E-state index in [0.717, 1.165) is 17.9 Å². The molecule has 0 unspecified atom stereocenters. The van der Waals surface area contributed by atoms with Crippen molar-refractivity contribution in [2.24, 2.45) is 0 Å². The number of nitrogens with zero attached hydrogens (tertiary/aromatic N) is 2. The molecule has 13 heteroatoms. The summed E-state index contributed by atoms with van der Waals surface area (Å²) >= 11 is 16.7. The summed E-state index contributed by atoms with van der Waals surface area (Å²) in [6.07, 6.45) is 3.25. The van der Waals surface area contributed by atoms with Crippen molar-refractivity contribution in [1.82, 2.24) is 9.97 Å². The van der Waals surface area contributed by atoms with E-state index in [1.54, 1.807) is 60.9 Å². The Morgan fingerprint density at radius 2 is 0.925 bits per heavy atom. The molecule has 1 radical (unpaired) electrons. The Balaban J connectivity index is 0.000000178. The van der Waals surface area contributed by atoms with Crippen LogP contribution in [0.1, 0.15) is 20.7 Å². The first kappa shape index (κ1) is 38.5. The Kier molecular flexibility index (Phi) is 11.9. The summed E-state index contributed by atoms with van der Waals surface area (Å²) in [6.45, 7) is 0. The minimum Gasteiger partial charge on any atom is -0.871 e. The third-order valence-corrected chi connectivity index (χ3v) is 10.7. The van der Waals surface area contributed by atoms with Gasteiger partial charge in [-0.25, -0.2) is 9.59 Å². The molecule has 0 saturated heterocycles. The van der Waals surface area contributed by atoms with Crippen LogP contribution in [0.3, 0.4) is 0 Å². The van der Waals surface area contributed by atoms with Gasteiger partial charge < -0.3 is 19.7 Å². The summed E-state index contributed by atoms with van der Waals surface area (Å²) in [6, 6.07) is 31.7. The molecule has 0 spiro atoms. The number of benzene rings is 6. The van der Waals surface area contributed by atoms with Crippen LogP contribution in [0.4, 0.5) is 0 Å². The normalized spacial score (nSPS) is 10.8. The average molecular weight is 1010 g/mol. The molecule has 8 aromatic rings. The summed E-state index contributed by atoms with van der Waals surface area (Å²) in [4.78, 5) is 33.9. The molecule has 2 aromatic heterocycles. The van der Waals surface area contributed by atoms with Crippen LogP contribution in [0.15, 0.2) is 122 Å². The molecular formula is C40H20Cl2CuI2N2O6. The second-order valence-electron chi connectivity index (χ2n) is 11.2. The first-order valence-corrected chi connectivity index (χ1v) is 18.3. The van der Waals surface area contributed by atoms with Crippen LogP contribution in [0, 0.1) is 7.14 Å². The Labute approximate surface area is 349 Å². The van der Waals surface area contributed by atoms with Crippen LogP contribution in [-0.2, 0) is 17.1 Å². The maximum atomic E-state index is 12.6. The minimum absolute atomic E-state index is 0. The second-order valence-corrected chi connectivity index (χ2v) is 14.3. The van der Waals surface area contributed by atoms with Crippen LogP contribution in [-0.4, -0.2) is 21.9 Å². The Morgan fingerprint density at radius 3 is 1.34 bits per heavy atom. The minimum atomic E-state index is -0.754. The van der Waals surface area contributed by atoms with Crippen molar-refractivity contribution in [2.45, 2.75) is 0 Å². The summed E-state index contributed by atoms with van der Waals surface area (Å²) < 4.78 is 13.0. The van der Waals surface area contributed by atoms with Gasteiger partial charge in [0, 0.05) is 40.4 Å². The van der Waals surface area contributed by atoms with E-state index in [1.165, 1.54) is 12.1 Å². The van der Waals surface area contributed by atoms with Gasteiger partial charge in [-0.1, -0.05) is 95.4 Å². The first-order valence-electron chi connectivity index (χ1n) is 15.4. The van der Waals surface area contributed by atoms with Crippen molar-refractivity contribution < 1.29 is 46.3 Å². The van der Waals surface area contributed by atoms with Gasteiger partial charge in [-0.05, 0) is 115 Å². The standard InChI is InChI=1S/2C20H11ClINO3.Cu/c2*21-17-12-5-2-1-4-11(12)10-14(19(17)24)20(25)26-16-8-7-15(22)13-6-3-9-23-18(13)16;/h2*1-10,24H;/q;;+2/p-2. The van der Waals surface area contributed by atoms with Gasteiger partial charge in [0.2, 0.25) is 0 Å². The van der Waals surface area contributed by atoms with Crippen molar-refractivity contribution in [3.8, 4) is 23.0 Å². The SMILES string of the molecule is O=C(Oc1ccc(I)c2cccnc12)c1cc2ccccc2c(Cl)c1[O-].O=C(Oc1ccc(I)c2cccnc12)c1cc2ccccc2c(Cl)c1[O-].[Cu+2]. The topological polar surface area (TPSA) is 124 Å². The molecule has 0 aliphatic rings. The fourth-order valence-corrected chi connectivity index (χ4v) is 7.35. The van der Waals surface area contributed by atoms with E-state index in [2.05, 4.69) is 55.1 Å². The molecule has 2 heterocycles. The molecule has 0 fully saturated rings. The van der Waals surface area contributed by atoms with Crippen LogP contribution in [0.2, 0.25) is 10.0 Å². The molecular weight excluding hydrogens is 993 g/mol. The molecule has 0 aliphatic carbocycles. The number of carbonyl (C=O) groups excluding carboxylic acids is 2. The van der Waals surface area contributed by atoms with Gasteiger partial charge in [-0.2, -0.15) is 0 Å². The van der Waals surface area contributed by atoms with Crippen LogP contribution < -0.4 is 19.7 Å². The zero-order valence-electron chi connectivity index (χ0n) is 26.7. The second kappa shape index (κ2) is 16.4. The van der Waals surface area contributed by atoms with Crippen LogP contribution in [0.5, 0.6) is 23.0 Å². The van der Waals surface area contributed by atoms with Gasteiger partial charge in [0.15, 0.2) is 11.5 Å². The van der Waals surface area contributed by atoms with E-state index < -0.39 is 23.4 Å². The third-order valence-electron chi connectivity index (χ3n) is 8.09. The van der Waals surface area contributed by atoms with Crippen LogP contribution >= 0.6 is 68.4 Å². The largest absolute Gasteiger partial charge is 2.00 e. The fourth-order valence-electron chi connectivity index (χ4n) is 5.57. The zero-order valence-corrected chi connectivity index (χ0v) is 33.5. The molecule has 0 N–H and O–H groups in total. The van der Waals surface area contributed by atoms with Gasteiger partial charge in [-0.3, -0.25) is 9.97 Å². The Bertz CT molecular complexity index is 2550. The van der Waals surface area contributed by atoms with Crippen molar-refractivity contribution in [1.29, 1.82) is 0 Å². The summed E-state index contributed by atoms with van der Waals surface area (Å²) in [5.74, 6) is -1.99. The summed E-state index contributed by atoms with van der Waals surface area (Å²) in [5, 5.41) is 29.4. The number of halogens is 4. The van der Waals surface area contributed by atoms with Crippen molar-refractivity contribution >= 4 is 124 Å². The maximum absolute atomic E-state index is 12.6. The number of hydrogen-bond donors (Lipinski definition) is 0. The van der Waals surface area contributed by atoms with Crippen molar-refractivity contribution in [3.63, 3.8) is 0 Å². The Morgan fingerprint density at radius 1 is 0.547 bits per heavy atom. The predicted molar refractivity (Wildman–Crippen MR) is 216 cm³/mol. The number of carbonyl (C=O) groups is 2. The Hall–Kier alpha value is -4.24. The monoisotopic (exact) mass is 1010 g/mol. The van der Waals surface area contributed by atoms with Gasteiger partial charge >= 0.3 is 29.0 Å². The van der Waals surface area contributed by atoms with E-state index in [0.29, 0.717) is 44.1 Å². The smallest absolute Gasteiger partial charge is 0.871 e. The van der Waals surface area contributed by atoms with Crippen LogP contribution in [0.25, 0.3) is 43.4 Å². The molecule has 0 bridgehead atoms. The fraction of sp³-hybridized carbons (Fsp3) is 0. The summed E-state index contributed by atoms with van der Waals surface area (Å²) in [5.41, 5.74) is 0.923. The molecule has 0 atom stereocenters. The number of rotatable bonds is 4. The van der Waals surface area contributed by atoms with Gasteiger partial charge in [0.25, 0.3) is 0 Å². The first-order chi connectivity index (χ1) is 25.1. The van der Waals surface area contributed by atoms with Crippen molar-refractivity contribution in [2.75, 3.05) is 0 Å². The molecule has 265 valence electrons. The van der Waals surface area contributed by atoms with E-state index in [1.807, 2.05) is 48.5 Å². The molecule has 6 aromatic carbocycles. The third kappa shape index (κ3) is 7.73. The number of esters is 2.